The molecule has 1 aliphatic carbocycles. The van der Waals surface area contributed by atoms with E-state index in [1.54, 1.807) is 0 Å². The molecule has 0 unspecified atom stereocenters. The van der Waals surface area contributed by atoms with Crippen LogP contribution in [0.25, 0.3) is 11.0 Å². The minimum Gasteiger partial charge on any atom is -0.342 e. The number of fused-ring (bicyclic) bond motifs is 1. The molecule has 1 saturated carbocycles. The first kappa shape index (κ1) is 16.8. The maximum Gasteiger partial charge on any atom is 0.221 e. The fourth-order valence-corrected chi connectivity index (χ4v) is 4.06. The van der Waals surface area contributed by atoms with E-state index in [0.29, 0.717) is 12.3 Å². The van der Waals surface area contributed by atoms with Gasteiger partial charge in [0, 0.05) is 13.5 Å². The van der Waals surface area contributed by atoms with Gasteiger partial charge in [-0.05, 0) is 36.5 Å². The van der Waals surface area contributed by atoms with Crippen LogP contribution >= 0.6 is 0 Å². The molecule has 1 N–H and O–H groups in total. The zero-order chi connectivity index (χ0) is 17.9. The Morgan fingerprint density at radius 1 is 1.12 bits per heavy atom. The lowest BCUT2D eigenvalue weighted by Gasteiger charge is -2.20. The molecule has 2 aromatic carbocycles. The summed E-state index contributed by atoms with van der Waals surface area (Å²) in [6.07, 6.45) is 5.48. The van der Waals surface area contributed by atoms with E-state index >= 15 is 0 Å². The molecule has 4 rings (SSSR count). The van der Waals surface area contributed by atoms with E-state index in [1.807, 2.05) is 43.4 Å². The number of aryl methyl sites for hydroxylation is 1. The maximum atomic E-state index is 12.7. The molecule has 1 fully saturated rings. The first-order valence-corrected chi connectivity index (χ1v) is 9.48. The van der Waals surface area contributed by atoms with Crippen LogP contribution in [-0.4, -0.2) is 15.5 Å². The summed E-state index contributed by atoms with van der Waals surface area (Å²) in [4.78, 5) is 17.6. The molecular formula is C22H25N3O. The minimum absolute atomic E-state index is 0.123. The number of amides is 1. The molecule has 134 valence electrons. The van der Waals surface area contributed by atoms with E-state index in [-0.39, 0.29) is 11.9 Å². The number of hydrogen-bond acceptors (Lipinski definition) is 2. The van der Waals surface area contributed by atoms with Gasteiger partial charge in [0.1, 0.15) is 11.9 Å². The highest BCUT2D eigenvalue weighted by Crippen LogP contribution is 2.29. The van der Waals surface area contributed by atoms with Gasteiger partial charge in [0.2, 0.25) is 5.91 Å². The summed E-state index contributed by atoms with van der Waals surface area (Å²) in [6.45, 7) is 0. The van der Waals surface area contributed by atoms with Crippen molar-refractivity contribution in [1.29, 1.82) is 0 Å². The summed E-state index contributed by atoms with van der Waals surface area (Å²) in [7, 11) is 2.02. The van der Waals surface area contributed by atoms with E-state index in [0.717, 1.165) is 22.4 Å². The van der Waals surface area contributed by atoms with Gasteiger partial charge in [-0.25, -0.2) is 4.98 Å². The maximum absolute atomic E-state index is 12.7. The van der Waals surface area contributed by atoms with Crippen molar-refractivity contribution in [3.63, 3.8) is 0 Å². The first-order chi connectivity index (χ1) is 12.7. The van der Waals surface area contributed by atoms with Crippen LogP contribution in [0.15, 0.2) is 54.6 Å². The van der Waals surface area contributed by atoms with Gasteiger partial charge in [-0.15, -0.1) is 0 Å². The third-order valence-electron chi connectivity index (χ3n) is 5.47. The molecule has 0 radical (unpaired) electrons. The van der Waals surface area contributed by atoms with Crippen molar-refractivity contribution < 1.29 is 4.79 Å². The summed E-state index contributed by atoms with van der Waals surface area (Å²) >= 11 is 0. The number of imidazole rings is 1. The highest BCUT2D eigenvalue weighted by Gasteiger charge is 2.25. The van der Waals surface area contributed by atoms with Crippen molar-refractivity contribution in [1.82, 2.24) is 14.9 Å². The Hall–Kier alpha value is -2.62. The molecule has 26 heavy (non-hydrogen) atoms. The largest absolute Gasteiger partial charge is 0.342 e. The van der Waals surface area contributed by atoms with Crippen molar-refractivity contribution >= 4 is 16.9 Å². The van der Waals surface area contributed by atoms with Crippen LogP contribution < -0.4 is 5.32 Å². The number of carbonyl (C=O) groups is 1. The number of rotatable bonds is 5. The molecule has 1 aliphatic rings. The smallest absolute Gasteiger partial charge is 0.221 e. The lowest BCUT2D eigenvalue weighted by Crippen LogP contribution is -2.32. The Labute approximate surface area is 154 Å². The van der Waals surface area contributed by atoms with Crippen molar-refractivity contribution in [3.05, 3.63) is 66.0 Å². The first-order valence-electron chi connectivity index (χ1n) is 9.48. The van der Waals surface area contributed by atoms with Crippen molar-refractivity contribution in [2.45, 2.75) is 38.1 Å². The Bertz CT molecular complexity index is 894. The molecule has 1 heterocycles. The molecule has 1 aromatic heterocycles. The third kappa shape index (κ3) is 3.36. The van der Waals surface area contributed by atoms with Crippen LogP contribution in [0.5, 0.6) is 0 Å². The number of aromatic nitrogens is 2. The average Bonchev–Trinajstić information content (AvgIpc) is 3.29. The van der Waals surface area contributed by atoms with Crippen molar-refractivity contribution in [2.24, 2.45) is 13.0 Å². The standard InChI is InChI=1S/C22H25N3O/c1-25-19-14-8-7-13-18(19)23-22(25)21(17-11-3-2-4-12-17)24-20(26)15-16-9-5-6-10-16/h2-4,7-8,11-14,16,21H,5-6,9-10,15H2,1H3,(H,24,26)/t21-/m0/s1. The van der Waals surface area contributed by atoms with Gasteiger partial charge in [-0.2, -0.15) is 0 Å². The second kappa shape index (κ2) is 7.32. The lowest BCUT2D eigenvalue weighted by molar-refractivity contribution is -0.122. The summed E-state index contributed by atoms with van der Waals surface area (Å²) in [5.41, 5.74) is 3.09. The van der Waals surface area contributed by atoms with E-state index in [4.69, 9.17) is 4.98 Å². The Kier molecular flexibility index (Phi) is 4.74. The molecule has 0 aliphatic heterocycles. The van der Waals surface area contributed by atoms with Crippen molar-refractivity contribution in [2.75, 3.05) is 0 Å². The molecule has 0 bridgehead atoms. The molecule has 1 atom stereocenters. The van der Waals surface area contributed by atoms with Crippen LogP contribution in [0.2, 0.25) is 0 Å². The number of para-hydroxylation sites is 2. The topological polar surface area (TPSA) is 46.9 Å². The minimum atomic E-state index is -0.234. The predicted octanol–water partition coefficient (Wildman–Crippen LogP) is 4.36. The molecule has 4 heteroatoms. The third-order valence-corrected chi connectivity index (χ3v) is 5.47. The van der Waals surface area contributed by atoms with Gasteiger partial charge < -0.3 is 9.88 Å². The fourth-order valence-electron chi connectivity index (χ4n) is 4.06. The van der Waals surface area contributed by atoms with Gasteiger partial charge in [0.25, 0.3) is 0 Å². The molecule has 4 nitrogen and oxygen atoms in total. The summed E-state index contributed by atoms with van der Waals surface area (Å²) in [5, 5.41) is 3.26. The Morgan fingerprint density at radius 3 is 2.54 bits per heavy atom. The average molecular weight is 347 g/mol. The Morgan fingerprint density at radius 2 is 1.81 bits per heavy atom. The highest BCUT2D eigenvalue weighted by atomic mass is 16.1. The SMILES string of the molecule is Cn1c([C@@H](NC(=O)CC2CCCC2)c2ccccc2)nc2ccccc21. The second-order valence-electron chi connectivity index (χ2n) is 7.28. The highest BCUT2D eigenvalue weighted by molar-refractivity contribution is 5.78. The molecule has 0 saturated heterocycles. The number of nitrogens with zero attached hydrogens (tertiary/aromatic N) is 2. The van der Waals surface area contributed by atoms with E-state index < -0.39 is 0 Å². The van der Waals surface area contributed by atoms with E-state index in [9.17, 15) is 4.79 Å². The van der Waals surface area contributed by atoms with Crippen LogP contribution in [0.4, 0.5) is 0 Å². The summed E-state index contributed by atoms with van der Waals surface area (Å²) in [6, 6.07) is 18.0. The molecular weight excluding hydrogens is 322 g/mol. The van der Waals surface area contributed by atoms with Crippen LogP contribution in [-0.2, 0) is 11.8 Å². The summed E-state index contributed by atoms with van der Waals surface area (Å²) < 4.78 is 2.09. The molecule has 3 aromatic rings. The van der Waals surface area contributed by atoms with Crippen LogP contribution in [0.1, 0.15) is 49.5 Å². The van der Waals surface area contributed by atoms with Crippen LogP contribution in [0, 0.1) is 5.92 Å². The van der Waals surface area contributed by atoms with Crippen LogP contribution in [0.3, 0.4) is 0 Å². The zero-order valence-electron chi connectivity index (χ0n) is 15.2. The zero-order valence-corrected chi connectivity index (χ0v) is 15.2. The van der Waals surface area contributed by atoms with Gasteiger partial charge >= 0.3 is 0 Å². The van der Waals surface area contributed by atoms with Gasteiger partial charge in [-0.3, -0.25) is 4.79 Å². The van der Waals surface area contributed by atoms with E-state index in [1.165, 1.54) is 25.7 Å². The monoisotopic (exact) mass is 347 g/mol. The lowest BCUT2D eigenvalue weighted by atomic mass is 10.0. The Balaban J connectivity index is 1.66. The summed E-state index contributed by atoms with van der Waals surface area (Å²) in [5.74, 6) is 1.53. The number of benzene rings is 2. The number of carbonyl (C=O) groups excluding carboxylic acids is 1. The number of hydrogen-bond donors (Lipinski definition) is 1. The normalized spacial score (nSPS) is 16.0. The van der Waals surface area contributed by atoms with E-state index in [2.05, 4.69) is 28.1 Å². The van der Waals surface area contributed by atoms with Gasteiger partial charge in [0.05, 0.1) is 11.0 Å². The van der Waals surface area contributed by atoms with Gasteiger partial charge in [-0.1, -0.05) is 55.3 Å². The quantitative estimate of drug-likeness (QED) is 0.745. The second-order valence-corrected chi connectivity index (χ2v) is 7.28. The van der Waals surface area contributed by atoms with Crippen molar-refractivity contribution in [3.8, 4) is 0 Å². The molecule has 0 spiro atoms. The number of nitrogens with one attached hydrogen (secondary N) is 1. The predicted molar refractivity (Wildman–Crippen MR) is 104 cm³/mol. The fraction of sp³-hybridized carbons (Fsp3) is 0.364. The van der Waals surface area contributed by atoms with Gasteiger partial charge in [0.15, 0.2) is 0 Å². The molecule has 1 amide bonds.